The third kappa shape index (κ3) is 5.04. The van der Waals surface area contributed by atoms with Crippen LogP contribution in [0.1, 0.15) is 38.2 Å². The summed E-state index contributed by atoms with van der Waals surface area (Å²) in [6.07, 6.45) is 10.8. The average molecular weight is 620 g/mol. The molecule has 0 saturated carbocycles. The Balaban J connectivity index is 1.27. The topological polar surface area (TPSA) is 90.4 Å². The summed E-state index contributed by atoms with van der Waals surface area (Å²) in [6, 6.07) is 23.0. The molecule has 3 aromatic carbocycles. The van der Waals surface area contributed by atoms with Crippen LogP contribution in [0.5, 0.6) is 0 Å². The molecule has 8 heteroatoms. The van der Waals surface area contributed by atoms with Crippen molar-refractivity contribution in [3.63, 3.8) is 0 Å². The highest BCUT2D eigenvalue weighted by molar-refractivity contribution is 6.06. The van der Waals surface area contributed by atoms with E-state index >= 15 is 0 Å². The van der Waals surface area contributed by atoms with Crippen LogP contribution in [-0.4, -0.2) is 76.1 Å². The van der Waals surface area contributed by atoms with E-state index in [4.69, 9.17) is 4.74 Å². The number of hydrogen-bond acceptors (Lipinski definition) is 5. The standard InChI is InChI=1S/C38H41N3O5/c1-37-19-11-21-39(26-27-13-5-4-6-14-27)34(43)31(37)32-35(44)41(22-9-2-3-10-24-42)33-36(45)40(23-12-20-38(32,33)46-37)30-18-17-28-15-7-8-16-29(28)25-30/h4-8,11-20,25,31-33,42H,2-3,9-10,21-24,26H2,1H3/t31-,32-,33?,37+,38-/m0/s1. The van der Waals surface area contributed by atoms with Gasteiger partial charge in [-0.2, -0.15) is 0 Å². The van der Waals surface area contributed by atoms with Gasteiger partial charge in [0.2, 0.25) is 11.8 Å². The first-order valence-electron chi connectivity index (χ1n) is 16.5. The third-order valence-corrected chi connectivity index (χ3v) is 10.2. The molecule has 1 unspecified atom stereocenters. The fourth-order valence-electron chi connectivity index (χ4n) is 8.08. The SMILES string of the molecule is C[C@@]12C=CCN(Cc3ccccc3)C(=O)[C@@H]1[C@H]1C(=O)N(CCCCCCO)C3C(=O)N(c4ccc5ccccc5c4)CC=C[C@@]31O2. The summed E-state index contributed by atoms with van der Waals surface area (Å²) < 4.78 is 7.00. The van der Waals surface area contributed by atoms with Gasteiger partial charge in [-0.25, -0.2) is 0 Å². The van der Waals surface area contributed by atoms with Crippen LogP contribution in [-0.2, 0) is 25.7 Å². The van der Waals surface area contributed by atoms with Crippen molar-refractivity contribution in [2.75, 3.05) is 31.1 Å². The number of hydrogen-bond donors (Lipinski definition) is 1. The predicted octanol–water partition coefficient (Wildman–Crippen LogP) is 4.86. The summed E-state index contributed by atoms with van der Waals surface area (Å²) in [4.78, 5) is 49.2. The fraction of sp³-hybridized carbons (Fsp3) is 0.395. The Kier molecular flexibility index (Phi) is 8.03. The second-order valence-corrected chi connectivity index (χ2v) is 13.2. The minimum absolute atomic E-state index is 0.129. The maximum atomic E-state index is 14.8. The first-order valence-corrected chi connectivity index (χ1v) is 16.5. The number of benzene rings is 3. The van der Waals surface area contributed by atoms with E-state index in [1.54, 1.807) is 14.7 Å². The van der Waals surface area contributed by atoms with E-state index in [-0.39, 0.29) is 24.3 Å². The Bertz CT molecular complexity index is 1700. The largest absolute Gasteiger partial charge is 0.396 e. The molecule has 0 aliphatic carbocycles. The van der Waals surface area contributed by atoms with Crippen LogP contribution in [0, 0.1) is 11.8 Å². The fourth-order valence-corrected chi connectivity index (χ4v) is 8.08. The van der Waals surface area contributed by atoms with E-state index in [1.807, 2.05) is 104 Å². The molecule has 2 fully saturated rings. The Labute approximate surface area is 269 Å². The highest BCUT2D eigenvalue weighted by Crippen LogP contribution is 2.57. The molecule has 0 aromatic heterocycles. The predicted molar refractivity (Wildman–Crippen MR) is 177 cm³/mol. The second kappa shape index (κ2) is 12.2. The monoisotopic (exact) mass is 619 g/mol. The number of aliphatic hydroxyl groups is 1. The van der Waals surface area contributed by atoms with Crippen LogP contribution >= 0.6 is 0 Å². The number of amides is 3. The van der Waals surface area contributed by atoms with Crippen LogP contribution in [0.4, 0.5) is 5.69 Å². The summed E-state index contributed by atoms with van der Waals surface area (Å²) >= 11 is 0. The van der Waals surface area contributed by atoms with Gasteiger partial charge in [0.25, 0.3) is 5.91 Å². The van der Waals surface area contributed by atoms with Crippen molar-refractivity contribution in [3.05, 3.63) is 103 Å². The molecule has 2 saturated heterocycles. The summed E-state index contributed by atoms with van der Waals surface area (Å²) in [5, 5.41) is 11.4. The Hall–Kier alpha value is -4.27. The molecule has 4 aliphatic rings. The number of unbranched alkanes of at least 4 members (excludes halogenated alkanes) is 3. The molecular formula is C38H41N3O5. The van der Waals surface area contributed by atoms with Crippen LogP contribution in [0.25, 0.3) is 10.8 Å². The molecule has 1 N–H and O–H groups in total. The maximum absolute atomic E-state index is 14.8. The van der Waals surface area contributed by atoms with Gasteiger partial charge in [-0.3, -0.25) is 14.4 Å². The number of ether oxygens (including phenoxy) is 1. The summed E-state index contributed by atoms with van der Waals surface area (Å²) in [5.74, 6) is -2.17. The number of anilines is 1. The van der Waals surface area contributed by atoms with Crippen LogP contribution in [0.3, 0.4) is 0 Å². The summed E-state index contributed by atoms with van der Waals surface area (Å²) in [7, 11) is 0. The molecule has 5 atom stereocenters. The zero-order valence-electron chi connectivity index (χ0n) is 26.3. The van der Waals surface area contributed by atoms with Crippen molar-refractivity contribution >= 4 is 34.2 Å². The van der Waals surface area contributed by atoms with Crippen molar-refractivity contribution in [3.8, 4) is 0 Å². The van der Waals surface area contributed by atoms with Crippen molar-refractivity contribution in [1.29, 1.82) is 0 Å². The smallest absolute Gasteiger partial charge is 0.253 e. The van der Waals surface area contributed by atoms with Crippen molar-refractivity contribution < 1.29 is 24.2 Å². The maximum Gasteiger partial charge on any atom is 0.253 e. The van der Waals surface area contributed by atoms with E-state index in [1.165, 1.54) is 0 Å². The normalized spacial score (nSPS) is 28.8. The number of likely N-dealkylation sites (tertiary alicyclic amines) is 1. The molecule has 4 heterocycles. The quantitative estimate of drug-likeness (QED) is 0.273. The lowest BCUT2D eigenvalue weighted by atomic mass is 9.74. The lowest BCUT2D eigenvalue weighted by molar-refractivity contribution is -0.148. The molecular weight excluding hydrogens is 578 g/mol. The van der Waals surface area contributed by atoms with Gasteiger partial charge < -0.3 is 24.5 Å². The molecule has 3 amide bonds. The number of fused-ring (bicyclic) bond motifs is 3. The van der Waals surface area contributed by atoms with Crippen molar-refractivity contribution in [2.45, 2.75) is 56.4 Å². The van der Waals surface area contributed by atoms with E-state index in [0.717, 1.165) is 34.9 Å². The first kappa shape index (κ1) is 30.4. The molecule has 4 aliphatic heterocycles. The van der Waals surface area contributed by atoms with Crippen molar-refractivity contribution in [1.82, 2.24) is 9.80 Å². The van der Waals surface area contributed by atoms with E-state index in [2.05, 4.69) is 0 Å². The molecule has 0 bridgehead atoms. The van der Waals surface area contributed by atoms with Gasteiger partial charge in [-0.05, 0) is 48.2 Å². The van der Waals surface area contributed by atoms with Crippen LogP contribution in [0.15, 0.2) is 97.1 Å². The third-order valence-electron chi connectivity index (χ3n) is 10.2. The number of nitrogens with zero attached hydrogens (tertiary/aromatic N) is 3. The van der Waals surface area contributed by atoms with Gasteiger partial charge in [0.05, 0.1) is 17.4 Å². The first-order chi connectivity index (χ1) is 22.4. The lowest BCUT2D eigenvalue weighted by Gasteiger charge is -2.37. The molecule has 7 rings (SSSR count). The minimum Gasteiger partial charge on any atom is -0.396 e. The number of aliphatic hydroxyl groups excluding tert-OH is 1. The van der Waals surface area contributed by atoms with Gasteiger partial charge in [0, 0.05) is 38.5 Å². The lowest BCUT2D eigenvalue weighted by Crippen LogP contribution is -2.56. The molecule has 238 valence electrons. The van der Waals surface area contributed by atoms with Gasteiger partial charge in [0.1, 0.15) is 11.6 Å². The van der Waals surface area contributed by atoms with Crippen LogP contribution in [0.2, 0.25) is 0 Å². The van der Waals surface area contributed by atoms with Gasteiger partial charge in [-0.1, -0.05) is 97.8 Å². The minimum atomic E-state index is -1.29. The van der Waals surface area contributed by atoms with E-state index in [0.29, 0.717) is 39.0 Å². The molecule has 46 heavy (non-hydrogen) atoms. The number of carbonyl (C=O) groups excluding carboxylic acids is 3. The Morgan fingerprint density at radius 3 is 2.33 bits per heavy atom. The highest BCUT2D eigenvalue weighted by Gasteiger charge is 2.74. The van der Waals surface area contributed by atoms with E-state index < -0.39 is 29.1 Å². The van der Waals surface area contributed by atoms with E-state index in [9.17, 15) is 19.5 Å². The Morgan fingerprint density at radius 1 is 0.783 bits per heavy atom. The highest BCUT2D eigenvalue weighted by atomic mass is 16.5. The van der Waals surface area contributed by atoms with Gasteiger partial charge in [-0.15, -0.1) is 0 Å². The molecule has 3 aromatic rings. The summed E-state index contributed by atoms with van der Waals surface area (Å²) in [6.45, 7) is 3.56. The Morgan fingerprint density at radius 2 is 1.52 bits per heavy atom. The second-order valence-electron chi connectivity index (χ2n) is 13.2. The van der Waals surface area contributed by atoms with Crippen LogP contribution < -0.4 is 4.90 Å². The number of rotatable bonds is 9. The van der Waals surface area contributed by atoms with Crippen molar-refractivity contribution in [2.24, 2.45) is 11.8 Å². The van der Waals surface area contributed by atoms with Gasteiger partial charge in [0.15, 0.2) is 0 Å². The molecule has 0 radical (unpaired) electrons. The molecule has 8 nitrogen and oxygen atoms in total. The average Bonchev–Trinajstić information content (AvgIpc) is 3.33. The summed E-state index contributed by atoms with van der Waals surface area (Å²) in [5.41, 5.74) is -0.582. The zero-order chi connectivity index (χ0) is 31.9. The number of carbonyl (C=O) groups is 3. The molecule has 1 spiro atoms. The zero-order valence-corrected chi connectivity index (χ0v) is 26.3. The van der Waals surface area contributed by atoms with Gasteiger partial charge >= 0.3 is 0 Å².